The molecular weight excluding hydrogens is 310 g/mol. The van der Waals surface area contributed by atoms with Gasteiger partial charge in [0.15, 0.2) is 0 Å². The van der Waals surface area contributed by atoms with Gasteiger partial charge in [-0.1, -0.05) is 23.7 Å². The first-order valence-electron chi connectivity index (χ1n) is 7.49. The van der Waals surface area contributed by atoms with Crippen molar-refractivity contribution in [1.82, 2.24) is 14.9 Å². The fraction of sp³-hybridized carbons (Fsp3) is 0.222. The van der Waals surface area contributed by atoms with E-state index in [2.05, 4.69) is 9.97 Å². The Kier molecular flexibility index (Phi) is 4.35. The minimum Gasteiger partial charge on any atom is -0.357 e. The van der Waals surface area contributed by atoms with E-state index in [0.717, 1.165) is 23.0 Å². The third kappa shape index (κ3) is 3.08. The van der Waals surface area contributed by atoms with Crippen molar-refractivity contribution in [1.29, 1.82) is 0 Å². The van der Waals surface area contributed by atoms with Crippen LogP contribution in [-0.2, 0) is 6.42 Å². The van der Waals surface area contributed by atoms with E-state index in [1.807, 2.05) is 44.3 Å². The highest BCUT2D eigenvalue weighted by Crippen LogP contribution is 2.28. The number of amides is 1. The number of nitrogens with one attached hydrogen (secondary N) is 1. The fourth-order valence-corrected chi connectivity index (χ4v) is 2.95. The molecular formula is C18H18ClN3O. The van der Waals surface area contributed by atoms with Gasteiger partial charge in [-0.2, -0.15) is 0 Å². The molecule has 0 unspecified atom stereocenters. The van der Waals surface area contributed by atoms with Crippen molar-refractivity contribution in [2.75, 3.05) is 13.6 Å². The van der Waals surface area contributed by atoms with Gasteiger partial charge in [-0.3, -0.25) is 9.78 Å². The van der Waals surface area contributed by atoms with Crippen LogP contribution in [0.3, 0.4) is 0 Å². The van der Waals surface area contributed by atoms with Crippen LogP contribution < -0.4 is 0 Å². The van der Waals surface area contributed by atoms with Gasteiger partial charge in [0, 0.05) is 37.1 Å². The molecule has 1 amide bonds. The largest absolute Gasteiger partial charge is 0.357 e. The summed E-state index contributed by atoms with van der Waals surface area (Å²) in [5.41, 5.74) is 3.52. The van der Waals surface area contributed by atoms with E-state index in [1.54, 1.807) is 17.3 Å². The number of H-pyrrole nitrogens is 1. The van der Waals surface area contributed by atoms with Gasteiger partial charge in [-0.05, 0) is 37.1 Å². The molecule has 5 heteroatoms. The van der Waals surface area contributed by atoms with Crippen molar-refractivity contribution in [3.8, 4) is 0 Å². The van der Waals surface area contributed by atoms with Crippen molar-refractivity contribution < 1.29 is 4.79 Å². The zero-order valence-electron chi connectivity index (χ0n) is 13.1. The Bertz CT molecular complexity index is 842. The lowest BCUT2D eigenvalue weighted by Crippen LogP contribution is -2.29. The van der Waals surface area contributed by atoms with Gasteiger partial charge in [0.25, 0.3) is 5.91 Å². The molecule has 1 N–H and O–H groups in total. The maximum atomic E-state index is 12.8. The van der Waals surface area contributed by atoms with Crippen LogP contribution in [-0.4, -0.2) is 34.4 Å². The molecule has 0 saturated heterocycles. The van der Waals surface area contributed by atoms with Gasteiger partial charge >= 0.3 is 0 Å². The van der Waals surface area contributed by atoms with Crippen LogP contribution >= 0.6 is 11.6 Å². The number of hydrogen-bond donors (Lipinski definition) is 1. The minimum absolute atomic E-state index is 0.00470. The summed E-state index contributed by atoms with van der Waals surface area (Å²) in [6.45, 7) is 2.55. The van der Waals surface area contributed by atoms with Gasteiger partial charge in [0.1, 0.15) is 0 Å². The smallest absolute Gasteiger partial charge is 0.256 e. The number of carbonyl (C=O) groups excluding carboxylic acids is 1. The number of rotatable bonds is 4. The quantitative estimate of drug-likeness (QED) is 0.791. The number of fused-ring (bicyclic) bond motifs is 1. The van der Waals surface area contributed by atoms with Crippen LogP contribution in [0.15, 0.2) is 42.7 Å². The van der Waals surface area contributed by atoms with Crippen LogP contribution in [0.25, 0.3) is 10.9 Å². The van der Waals surface area contributed by atoms with Crippen molar-refractivity contribution in [2.45, 2.75) is 13.3 Å². The van der Waals surface area contributed by atoms with E-state index < -0.39 is 0 Å². The van der Waals surface area contributed by atoms with Gasteiger partial charge in [-0.25, -0.2) is 0 Å². The second kappa shape index (κ2) is 6.42. The van der Waals surface area contributed by atoms with Crippen LogP contribution in [0.2, 0.25) is 5.02 Å². The molecule has 0 fully saturated rings. The number of nitrogens with zero attached hydrogens (tertiary/aromatic N) is 2. The molecule has 23 heavy (non-hydrogen) atoms. The normalized spacial score (nSPS) is 10.9. The second-order valence-electron chi connectivity index (χ2n) is 5.62. The zero-order chi connectivity index (χ0) is 16.4. The first-order chi connectivity index (χ1) is 11.1. The van der Waals surface area contributed by atoms with E-state index in [9.17, 15) is 4.79 Å². The van der Waals surface area contributed by atoms with Crippen molar-refractivity contribution >= 4 is 28.4 Å². The summed E-state index contributed by atoms with van der Waals surface area (Å²) in [5, 5.41) is 1.50. The summed E-state index contributed by atoms with van der Waals surface area (Å²) in [6.07, 6.45) is 4.33. The molecule has 0 atom stereocenters. The van der Waals surface area contributed by atoms with Crippen molar-refractivity contribution in [2.24, 2.45) is 0 Å². The molecule has 0 aliphatic carbocycles. The number of para-hydroxylation sites is 1. The standard InChI is InChI=1S/C18H18ClN3O/c1-12-16(14-4-3-5-15(19)17(14)21-12)18(23)22(2)11-8-13-6-9-20-10-7-13/h3-7,9-10,21H,8,11H2,1-2H3. The van der Waals surface area contributed by atoms with Crippen LogP contribution in [0, 0.1) is 6.92 Å². The van der Waals surface area contributed by atoms with Crippen molar-refractivity contribution in [3.05, 3.63) is 64.6 Å². The maximum Gasteiger partial charge on any atom is 0.256 e. The molecule has 4 nitrogen and oxygen atoms in total. The molecule has 0 aliphatic rings. The lowest BCUT2D eigenvalue weighted by Gasteiger charge is -2.17. The summed E-state index contributed by atoms with van der Waals surface area (Å²) < 4.78 is 0. The Hall–Kier alpha value is -2.33. The van der Waals surface area contributed by atoms with Gasteiger partial charge in [0.05, 0.1) is 16.1 Å². The molecule has 0 aliphatic heterocycles. The molecule has 0 saturated carbocycles. The Morgan fingerprint density at radius 2 is 2.00 bits per heavy atom. The number of pyridine rings is 1. The summed E-state index contributed by atoms with van der Waals surface area (Å²) >= 11 is 6.21. The Morgan fingerprint density at radius 3 is 2.74 bits per heavy atom. The second-order valence-corrected chi connectivity index (χ2v) is 6.03. The summed E-state index contributed by atoms with van der Waals surface area (Å²) in [4.78, 5) is 21.8. The number of benzene rings is 1. The molecule has 1 aromatic carbocycles. The number of aryl methyl sites for hydroxylation is 1. The van der Waals surface area contributed by atoms with E-state index in [0.29, 0.717) is 17.1 Å². The van der Waals surface area contributed by atoms with E-state index in [-0.39, 0.29) is 5.91 Å². The van der Waals surface area contributed by atoms with Gasteiger partial charge < -0.3 is 9.88 Å². The molecule has 2 heterocycles. The fourth-order valence-electron chi connectivity index (χ4n) is 2.73. The average molecular weight is 328 g/mol. The molecule has 118 valence electrons. The first kappa shape index (κ1) is 15.6. The third-order valence-electron chi connectivity index (χ3n) is 4.02. The average Bonchev–Trinajstić information content (AvgIpc) is 2.90. The van der Waals surface area contributed by atoms with Crippen LogP contribution in [0.5, 0.6) is 0 Å². The highest BCUT2D eigenvalue weighted by molar-refractivity contribution is 6.35. The SMILES string of the molecule is Cc1[nH]c2c(Cl)cccc2c1C(=O)N(C)CCc1ccncc1. The highest BCUT2D eigenvalue weighted by Gasteiger charge is 2.20. The van der Waals surface area contributed by atoms with E-state index in [4.69, 9.17) is 11.6 Å². The number of aromatic nitrogens is 2. The predicted octanol–water partition coefficient (Wildman–Crippen LogP) is 3.84. The minimum atomic E-state index is 0.00470. The zero-order valence-corrected chi connectivity index (χ0v) is 13.9. The summed E-state index contributed by atoms with van der Waals surface area (Å²) in [7, 11) is 1.83. The lowest BCUT2D eigenvalue weighted by atomic mass is 10.1. The number of halogens is 1. The molecule has 2 aromatic heterocycles. The summed E-state index contributed by atoms with van der Waals surface area (Å²) in [5.74, 6) is 0.00470. The summed E-state index contributed by atoms with van der Waals surface area (Å²) in [6, 6.07) is 9.55. The topological polar surface area (TPSA) is 49.0 Å². The molecule has 0 radical (unpaired) electrons. The van der Waals surface area contributed by atoms with Crippen molar-refractivity contribution in [3.63, 3.8) is 0 Å². The number of hydrogen-bond acceptors (Lipinski definition) is 2. The lowest BCUT2D eigenvalue weighted by molar-refractivity contribution is 0.0798. The molecule has 0 bridgehead atoms. The number of likely N-dealkylation sites (N-methyl/N-ethyl adjacent to an activating group) is 1. The van der Waals surface area contributed by atoms with E-state index in [1.165, 1.54) is 5.56 Å². The van der Waals surface area contributed by atoms with E-state index >= 15 is 0 Å². The van der Waals surface area contributed by atoms with Crippen LogP contribution in [0.4, 0.5) is 0 Å². The third-order valence-corrected chi connectivity index (χ3v) is 4.33. The molecule has 3 rings (SSSR count). The Balaban J connectivity index is 1.82. The maximum absolute atomic E-state index is 12.8. The van der Waals surface area contributed by atoms with Gasteiger partial charge in [-0.15, -0.1) is 0 Å². The highest BCUT2D eigenvalue weighted by atomic mass is 35.5. The Morgan fingerprint density at radius 1 is 1.26 bits per heavy atom. The predicted molar refractivity (Wildman–Crippen MR) is 92.9 cm³/mol. The molecule has 3 aromatic rings. The Labute approximate surface area is 140 Å². The number of aromatic amines is 1. The van der Waals surface area contributed by atoms with Crippen LogP contribution in [0.1, 0.15) is 21.6 Å². The first-order valence-corrected chi connectivity index (χ1v) is 7.87. The number of carbonyl (C=O) groups is 1. The monoisotopic (exact) mass is 327 g/mol. The molecule has 0 spiro atoms. The van der Waals surface area contributed by atoms with Gasteiger partial charge in [0.2, 0.25) is 0 Å².